The van der Waals surface area contributed by atoms with Crippen molar-refractivity contribution in [1.82, 2.24) is 9.78 Å². The Hall–Kier alpha value is -1.72. The van der Waals surface area contributed by atoms with E-state index in [2.05, 4.69) is 5.10 Å². The quantitative estimate of drug-likeness (QED) is 0.458. The van der Waals surface area contributed by atoms with Crippen LogP contribution in [0.4, 0.5) is 5.82 Å². The van der Waals surface area contributed by atoms with Crippen molar-refractivity contribution in [2.75, 3.05) is 0 Å². The van der Waals surface area contributed by atoms with Crippen LogP contribution in [0.1, 0.15) is 55.6 Å². The normalized spacial score (nSPS) is 16.3. The first-order chi connectivity index (χ1) is 8.13. The van der Waals surface area contributed by atoms with Gasteiger partial charge in [-0.2, -0.15) is 4.68 Å². The lowest BCUT2D eigenvalue weighted by molar-refractivity contribution is -0.389. The summed E-state index contributed by atoms with van der Waals surface area (Å²) >= 11 is 0. The molecule has 1 fully saturated rings. The van der Waals surface area contributed by atoms with Gasteiger partial charge in [-0.25, -0.2) is 0 Å². The molecule has 1 aromatic heterocycles. The summed E-state index contributed by atoms with van der Waals surface area (Å²) in [6, 6.07) is 1.44. The molecule has 0 bridgehead atoms. The molecule has 0 saturated heterocycles. The Morgan fingerprint density at radius 1 is 1.59 bits per heavy atom. The van der Waals surface area contributed by atoms with Crippen molar-refractivity contribution in [3.05, 3.63) is 21.9 Å². The number of Topliss-reactive ketones (excluding diaryl/α,β-unsaturated/α-hetero) is 1. The van der Waals surface area contributed by atoms with E-state index in [4.69, 9.17) is 0 Å². The molecule has 0 radical (unpaired) electrons. The Bertz CT molecular complexity index is 447. The summed E-state index contributed by atoms with van der Waals surface area (Å²) in [5, 5.41) is 14.7. The van der Waals surface area contributed by atoms with Crippen LogP contribution in [0.2, 0.25) is 0 Å². The van der Waals surface area contributed by atoms with E-state index in [0.717, 1.165) is 25.7 Å². The average Bonchev–Trinajstić information content (AvgIpc) is 2.95. The maximum Gasteiger partial charge on any atom is 0.390 e. The van der Waals surface area contributed by atoms with Crippen molar-refractivity contribution < 1.29 is 9.72 Å². The second kappa shape index (κ2) is 4.65. The molecule has 0 aliphatic heterocycles. The number of hydrogen-bond acceptors (Lipinski definition) is 4. The Morgan fingerprint density at radius 3 is 2.76 bits per heavy atom. The number of carbonyl (C=O) groups is 1. The molecule has 1 saturated carbocycles. The lowest BCUT2D eigenvalue weighted by Crippen LogP contribution is -2.14. The van der Waals surface area contributed by atoms with Crippen LogP contribution < -0.4 is 0 Å². The predicted octanol–water partition coefficient (Wildman–Crippen LogP) is 2.50. The summed E-state index contributed by atoms with van der Waals surface area (Å²) in [5.41, 5.74) is 0.381. The standard InChI is InChI=1S/C11H15N3O3/c1-2-10(15)9-7-11(14(16)17)12-13(9)8-5-3-4-6-8/h7-8H,2-6H2,1H3. The minimum absolute atomic E-state index is 0.0856. The van der Waals surface area contributed by atoms with Crippen molar-refractivity contribution in [1.29, 1.82) is 0 Å². The Balaban J connectivity index is 2.39. The van der Waals surface area contributed by atoms with E-state index < -0.39 is 4.92 Å². The summed E-state index contributed by atoms with van der Waals surface area (Å²) in [6.45, 7) is 1.75. The zero-order chi connectivity index (χ0) is 12.4. The van der Waals surface area contributed by atoms with Crippen LogP contribution in [0.3, 0.4) is 0 Å². The number of nitro groups is 1. The fourth-order valence-corrected chi connectivity index (χ4v) is 2.29. The van der Waals surface area contributed by atoms with Gasteiger partial charge in [-0.3, -0.25) is 4.79 Å². The highest BCUT2D eigenvalue weighted by molar-refractivity contribution is 5.94. The number of carbonyl (C=O) groups excluding carboxylic acids is 1. The molecule has 0 N–H and O–H groups in total. The minimum Gasteiger partial charge on any atom is -0.358 e. The van der Waals surface area contributed by atoms with Gasteiger partial charge in [-0.15, -0.1) is 0 Å². The largest absolute Gasteiger partial charge is 0.390 e. The molecular weight excluding hydrogens is 222 g/mol. The van der Waals surface area contributed by atoms with E-state index in [1.54, 1.807) is 11.6 Å². The molecule has 1 aromatic rings. The van der Waals surface area contributed by atoms with Gasteiger partial charge in [0.1, 0.15) is 5.69 Å². The molecule has 0 spiro atoms. The van der Waals surface area contributed by atoms with Crippen molar-refractivity contribution in [3.63, 3.8) is 0 Å². The van der Waals surface area contributed by atoms with Gasteiger partial charge >= 0.3 is 5.82 Å². The molecular formula is C11H15N3O3. The Kier molecular flexibility index (Phi) is 3.21. The number of ketones is 1. The van der Waals surface area contributed by atoms with Gasteiger partial charge in [0, 0.05) is 6.42 Å². The fraction of sp³-hybridized carbons (Fsp3) is 0.636. The maximum atomic E-state index is 11.7. The molecule has 1 aliphatic carbocycles. The van der Waals surface area contributed by atoms with Crippen LogP contribution >= 0.6 is 0 Å². The zero-order valence-electron chi connectivity index (χ0n) is 9.76. The average molecular weight is 237 g/mol. The zero-order valence-corrected chi connectivity index (χ0v) is 9.76. The molecule has 0 atom stereocenters. The first kappa shape index (κ1) is 11.8. The van der Waals surface area contributed by atoms with Gasteiger partial charge in [0.15, 0.2) is 5.78 Å². The summed E-state index contributed by atoms with van der Waals surface area (Å²) in [7, 11) is 0. The van der Waals surface area contributed by atoms with Crippen molar-refractivity contribution in [2.45, 2.75) is 45.1 Å². The monoisotopic (exact) mass is 237 g/mol. The van der Waals surface area contributed by atoms with Crippen LogP contribution in [0.15, 0.2) is 6.07 Å². The van der Waals surface area contributed by atoms with E-state index in [1.165, 1.54) is 6.07 Å². The third-order valence-electron chi connectivity index (χ3n) is 3.19. The number of aromatic nitrogens is 2. The molecule has 6 nitrogen and oxygen atoms in total. The number of rotatable bonds is 4. The van der Waals surface area contributed by atoms with Gasteiger partial charge < -0.3 is 10.1 Å². The van der Waals surface area contributed by atoms with Crippen LogP contribution in [0.5, 0.6) is 0 Å². The third kappa shape index (κ3) is 2.20. The molecule has 0 aromatic carbocycles. The molecule has 17 heavy (non-hydrogen) atoms. The molecule has 2 rings (SSSR count). The van der Waals surface area contributed by atoms with Crippen molar-refractivity contribution in [3.8, 4) is 0 Å². The van der Waals surface area contributed by atoms with Gasteiger partial charge in [0.05, 0.1) is 17.2 Å². The number of hydrogen-bond donors (Lipinski definition) is 0. The summed E-state index contributed by atoms with van der Waals surface area (Å²) in [4.78, 5) is 21.9. The molecule has 0 unspecified atom stereocenters. The molecule has 1 heterocycles. The molecule has 6 heteroatoms. The first-order valence-electron chi connectivity index (χ1n) is 5.90. The highest BCUT2D eigenvalue weighted by Crippen LogP contribution is 2.31. The Morgan fingerprint density at radius 2 is 2.24 bits per heavy atom. The summed E-state index contributed by atoms with van der Waals surface area (Å²) in [5.74, 6) is -0.314. The predicted molar refractivity (Wildman–Crippen MR) is 61.0 cm³/mol. The van der Waals surface area contributed by atoms with Crippen LogP contribution in [-0.2, 0) is 0 Å². The van der Waals surface area contributed by atoms with E-state index >= 15 is 0 Å². The lowest BCUT2D eigenvalue weighted by atomic mass is 10.2. The minimum atomic E-state index is -0.544. The van der Waals surface area contributed by atoms with Gasteiger partial charge in [0.25, 0.3) is 0 Å². The summed E-state index contributed by atoms with van der Waals surface area (Å²) in [6.07, 6.45) is 4.43. The van der Waals surface area contributed by atoms with Crippen LogP contribution in [0, 0.1) is 10.1 Å². The van der Waals surface area contributed by atoms with Gasteiger partial charge in [0.2, 0.25) is 0 Å². The van der Waals surface area contributed by atoms with Crippen molar-refractivity contribution in [2.24, 2.45) is 0 Å². The highest BCUT2D eigenvalue weighted by atomic mass is 16.6. The first-order valence-corrected chi connectivity index (χ1v) is 5.90. The van der Waals surface area contributed by atoms with E-state index in [9.17, 15) is 14.9 Å². The van der Waals surface area contributed by atoms with E-state index in [0.29, 0.717) is 12.1 Å². The Labute approximate surface area is 98.8 Å². The second-order valence-electron chi connectivity index (χ2n) is 4.30. The van der Waals surface area contributed by atoms with Gasteiger partial charge in [-0.1, -0.05) is 19.8 Å². The van der Waals surface area contributed by atoms with E-state index in [1.807, 2.05) is 0 Å². The van der Waals surface area contributed by atoms with Gasteiger partial charge in [-0.05, 0) is 17.8 Å². The number of nitrogens with zero attached hydrogens (tertiary/aromatic N) is 3. The topological polar surface area (TPSA) is 78.0 Å². The SMILES string of the molecule is CCC(=O)c1cc([N+](=O)[O-])nn1C1CCCC1. The van der Waals surface area contributed by atoms with Crippen LogP contribution in [0.25, 0.3) is 0 Å². The van der Waals surface area contributed by atoms with Crippen molar-refractivity contribution >= 4 is 11.6 Å². The van der Waals surface area contributed by atoms with Crippen LogP contribution in [-0.4, -0.2) is 20.5 Å². The maximum absolute atomic E-state index is 11.7. The molecule has 0 amide bonds. The molecule has 92 valence electrons. The second-order valence-corrected chi connectivity index (χ2v) is 4.30. The van der Waals surface area contributed by atoms with E-state index in [-0.39, 0.29) is 17.6 Å². The molecule has 1 aliphatic rings. The third-order valence-corrected chi connectivity index (χ3v) is 3.19. The fourth-order valence-electron chi connectivity index (χ4n) is 2.29. The highest BCUT2D eigenvalue weighted by Gasteiger charge is 2.29. The summed E-state index contributed by atoms with van der Waals surface area (Å²) < 4.78 is 1.57. The lowest BCUT2D eigenvalue weighted by Gasteiger charge is -2.08. The smallest absolute Gasteiger partial charge is 0.358 e.